The van der Waals surface area contributed by atoms with Crippen LogP contribution in [0.25, 0.3) is 0 Å². The number of hydrogen-bond acceptors (Lipinski definition) is 5. The molecular formula is C24H27FN2O3S2. The molecule has 0 radical (unpaired) electrons. The molecule has 5 nitrogen and oxygen atoms in total. The molecule has 1 aromatic carbocycles. The maximum Gasteiger partial charge on any atom is 0.309 e. The molecule has 8 heteroatoms. The number of carboxylic acids is 1. The number of aliphatic carboxylic acids is 1. The highest BCUT2D eigenvalue weighted by Crippen LogP contribution is 2.58. The molecule has 0 unspecified atom stereocenters. The molecular weight excluding hydrogens is 447 g/mol. The van der Waals surface area contributed by atoms with Crippen LogP contribution >= 0.6 is 23.1 Å². The van der Waals surface area contributed by atoms with Crippen molar-refractivity contribution in [3.63, 3.8) is 0 Å². The number of carbonyl (C=O) groups excluding carboxylic acids is 1. The number of benzene rings is 1. The zero-order valence-corrected chi connectivity index (χ0v) is 19.5. The SMILES string of the molecule is O=C(O)Cc1csc(SCC(=O)N(Cc2ccc(F)cc2)C23CC4CC(CC(C4)C2)C3)n1. The number of carboxylic acid groups (broad SMARTS) is 1. The molecule has 170 valence electrons. The monoisotopic (exact) mass is 474 g/mol. The average molecular weight is 475 g/mol. The molecule has 4 fully saturated rings. The Kier molecular flexibility index (Phi) is 6.01. The number of hydrogen-bond donors (Lipinski definition) is 1. The third kappa shape index (κ3) is 4.57. The minimum Gasteiger partial charge on any atom is -0.481 e. The van der Waals surface area contributed by atoms with Crippen LogP contribution in [0.3, 0.4) is 0 Å². The van der Waals surface area contributed by atoms with Gasteiger partial charge in [0, 0.05) is 17.5 Å². The average Bonchev–Trinajstić information content (AvgIpc) is 3.17. The number of nitrogens with zero attached hydrogens (tertiary/aromatic N) is 2. The van der Waals surface area contributed by atoms with Gasteiger partial charge in [0.1, 0.15) is 5.82 Å². The van der Waals surface area contributed by atoms with E-state index in [0.29, 0.717) is 12.2 Å². The van der Waals surface area contributed by atoms with Crippen LogP contribution in [0.2, 0.25) is 0 Å². The van der Waals surface area contributed by atoms with Gasteiger partial charge in [0.05, 0.1) is 17.9 Å². The van der Waals surface area contributed by atoms with Gasteiger partial charge in [-0.25, -0.2) is 9.37 Å². The molecule has 0 atom stereocenters. The fourth-order valence-corrected chi connectivity index (χ4v) is 8.20. The molecule has 32 heavy (non-hydrogen) atoms. The van der Waals surface area contributed by atoms with E-state index in [2.05, 4.69) is 9.88 Å². The normalized spacial score (nSPS) is 28.1. The molecule has 1 heterocycles. The summed E-state index contributed by atoms with van der Waals surface area (Å²) in [6.07, 6.45) is 7.05. The maximum absolute atomic E-state index is 13.6. The molecule has 4 saturated carbocycles. The van der Waals surface area contributed by atoms with Crippen LogP contribution in [0.1, 0.15) is 49.8 Å². The highest BCUT2D eigenvalue weighted by atomic mass is 32.2. The second-order valence-corrected chi connectivity index (χ2v) is 11.8. The Morgan fingerprint density at radius 3 is 2.34 bits per heavy atom. The smallest absolute Gasteiger partial charge is 0.309 e. The number of thiazole rings is 1. The Hall–Kier alpha value is -1.93. The van der Waals surface area contributed by atoms with Gasteiger partial charge in [-0.15, -0.1) is 11.3 Å². The van der Waals surface area contributed by atoms with Crippen molar-refractivity contribution in [3.8, 4) is 0 Å². The lowest BCUT2D eigenvalue weighted by Gasteiger charge is -2.60. The van der Waals surface area contributed by atoms with Crippen LogP contribution < -0.4 is 0 Å². The van der Waals surface area contributed by atoms with Crippen molar-refractivity contribution in [2.45, 2.75) is 61.4 Å². The van der Waals surface area contributed by atoms with Crippen LogP contribution in [0.5, 0.6) is 0 Å². The van der Waals surface area contributed by atoms with Gasteiger partial charge in [-0.1, -0.05) is 23.9 Å². The number of carbonyl (C=O) groups is 2. The lowest BCUT2D eigenvalue weighted by atomic mass is 9.52. The largest absolute Gasteiger partial charge is 0.481 e. The van der Waals surface area contributed by atoms with Crippen LogP contribution in [-0.2, 0) is 22.6 Å². The Bertz CT molecular complexity index is 972. The Morgan fingerprint density at radius 1 is 1.12 bits per heavy atom. The summed E-state index contributed by atoms with van der Waals surface area (Å²) in [4.78, 5) is 31.0. The molecule has 0 saturated heterocycles. The van der Waals surface area contributed by atoms with Gasteiger partial charge in [0.25, 0.3) is 0 Å². The highest BCUT2D eigenvalue weighted by molar-refractivity contribution is 8.01. The Morgan fingerprint density at radius 2 is 1.75 bits per heavy atom. The third-order valence-electron chi connectivity index (χ3n) is 7.32. The van der Waals surface area contributed by atoms with E-state index in [9.17, 15) is 14.0 Å². The van der Waals surface area contributed by atoms with Gasteiger partial charge in [0.2, 0.25) is 5.91 Å². The lowest BCUT2D eigenvalue weighted by molar-refractivity contribution is -0.149. The van der Waals surface area contributed by atoms with E-state index in [1.54, 1.807) is 17.5 Å². The fraction of sp³-hybridized carbons (Fsp3) is 0.542. The predicted octanol–water partition coefficient (Wildman–Crippen LogP) is 5.00. The van der Waals surface area contributed by atoms with Gasteiger partial charge in [-0.05, 0) is 74.0 Å². The predicted molar refractivity (Wildman–Crippen MR) is 122 cm³/mol. The van der Waals surface area contributed by atoms with Gasteiger partial charge < -0.3 is 10.0 Å². The van der Waals surface area contributed by atoms with E-state index in [-0.39, 0.29) is 29.4 Å². The van der Waals surface area contributed by atoms with E-state index in [1.807, 2.05) is 0 Å². The minimum atomic E-state index is -0.907. The molecule has 2 aromatic rings. The van der Waals surface area contributed by atoms with Crippen molar-refractivity contribution >= 4 is 35.0 Å². The first-order valence-electron chi connectivity index (χ1n) is 11.2. The second kappa shape index (κ2) is 8.78. The topological polar surface area (TPSA) is 70.5 Å². The van der Waals surface area contributed by atoms with E-state index < -0.39 is 5.97 Å². The summed E-state index contributed by atoms with van der Waals surface area (Å²) < 4.78 is 14.2. The molecule has 6 rings (SSSR count). The Labute approximate surface area is 195 Å². The molecule has 1 N–H and O–H groups in total. The fourth-order valence-electron chi connectivity index (χ4n) is 6.48. The number of thioether (sulfide) groups is 1. The van der Waals surface area contributed by atoms with Crippen molar-refractivity contribution in [3.05, 3.63) is 46.7 Å². The number of halogens is 1. The Balaban J connectivity index is 1.34. The number of aromatic nitrogens is 1. The standard InChI is InChI=1S/C24H27FN2O3S2/c25-19-3-1-15(2-4-19)12-27(24-9-16-5-17(10-24)7-18(6-16)11-24)21(28)14-32-23-26-20(13-31-23)8-22(29)30/h1-4,13,16-18H,5-12,14H2,(H,29,30). The van der Waals surface area contributed by atoms with E-state index in [4.69, 9.17) is 5.11 Å². The molecule has 0 spiro atoms. The first-order chi connectivity index (χ1) is 15.4. The zero-order chi connectivity index (χ0) is 22.3. The summed E-state index contributed by atoms with van der Waals surface area (Å²) >= 11 is 2.77. The lowest BCUT2D eigenvalue weighted by Crippen LogP contribution is -2.61. The van der Waals surface area contributed by atoms with Crippen molar-refractivity contribution in [1.29, 1.82) is 0 Å². The highest BCUT2D eigenvalue weighted by Gasteiger charge is 2.54. The summed E-state index contributed by atoms with van der Waals surface area (Å²) in [5.74, 6) is 1.35. The molecule has 1 amide bonds. The van der Waals surface area contributed by atoms with Crippen LogP contribution in [0.15, 0.2) is 34.0 Å². The van der Waals surface area contributed by atoms with Gasteiger partial charge in [0.15, 0.2) is 4.34 Å². The first kappa shape index (κ1) is 21.9. The van der Waals surface area contributed by atoms with Gasteiger partial charge in [-0.2, -0.15) is 0 Å². The summed E-state index contributed by atoms with van der Waals surface area (Å²) in [5.41, 5.74) is 1.40. The molecule has 4 bridgehead atoms. The summed E-state index contributed by atoms with van der Waals surface area (Å²) in [5, 5.41) is 10.7. The first-order valence-corrected chi connectivity index (χ1v) is 13.1. The maximum atomic E-state index is 13.6. The number of amides is 1. The second-order valence-electron chi connectivity index (χ2n) is 9.71. The zero-order valence-electron chi connectivity index (χ0n) is 17.8. The van der Waals surface area contributed by atoms with Crippen molar-refractivity contribution < 1.29 is 19.1 Å². The van der Waals surface area contributed by atoms with Crippen LogP contribution in [-0.4, -0.2) is 38.2 Å². The molecule has 4 aliphatic rings. The van der Waals surface area contributed by atoms with Crippen LogP contribution in [0, 0.1) is 23.6 Å². The van der Waals surface area contributed by atoms with Crippen LogP contribution in [0.4, 0.5) is 4.39 Å². The van der Waals surface area contributed by atoms with Gasteiger partial charge in [-0.3, -0.25) is 9.59 Å². The van der Waals surface area contributed by atoms with E-state index >= 15 is 0 Å². The number of rotatable bonds is 8. The van der Waals surface area contributed by atoms with Crippen molar-refractivity contribution in [2.75, 3.05) is 5.75 Å². The van der Waals surface area contributed by atoms with Crippen molar-refractivity contribution in [2.24, 2.45) is 17.8 Å². The third-order valence-corrected chi connectivity index (χ3v) is 9.37. The molecule has 1 aromatic heterocycles. The quantitative estimate of drug-likeness (QED) is 0.545. The van der Waals surface area contributed by atoms with E-state index in [1.165, 1.54) is 54.5 Å². The summed E-state index contributed by atoms with van der Waals surface area (Å²) in [6, 6.07) is 6.49. The summed E-state index contributed by atoms with van der Waals surface area (Å²) in [6.45, 7) is 0.508. The van der Waals surface area contributed by atoms with Crippen molar-refractivity contribution in [1.82, 2.24) is 9.88 Å². The summed E-state index contributed by atoms with van der Waals surface area (Å²) in [7, 11) is 0. The minimum absolute atomic E-state index is 0.0852. The van der Waals surface area contributed by atoms with Gasteiger partial charge >= 0.3 is 5.97 Å². The molecule has 4 aliphatic carbocycles. The van der Waals surface area contributed by atoms with E-state index in [0.717, 1.165) is 46.9 Å². The molecule has 0 aliphatic heterocycles.